The third-order valence-electron chi connectivity index (χ3n) is 6.44. The van der Waals surface area contributed by atoms with Gasteiger partial charge in [-0.2, -0.15) is 0 Å². The fourth-order valence-electron chi connectivity index (χ4n) is 4.36. The average molecular weight is 551 g/mol. The lowest BCUT2D eigenvalue weighted by molar-refractivity contribution is -0.144. The van der Waals surface area contributed by atoms with Gasteiger partial charge in [0.1, 0.15) is 17.7 Å². The van der Waals surface area contributed by atoms with Gasteiger partial charge in [-0.25, -0.2) is 4.79 Å². The normalized spacial score (nSPS) is 17.1. The predicted octanol–water partition coefficient (Wildman–Crippen LogP) is 3.63. The second-order valence-electron chi connectivity index (χ2n) is 12.2. The second kappa shape index (κ2) is 15.6. The van der Waals surface area contributed by atoms with Gasteiger partial charge in [0.25, 0.3) is 5.91 Å². The smallest absolute Gasteiger partial charge is 0.408 e. The number of hydrogen-bond donors (Lipinski definition) is 3. The highest BCUT2D eigenvalue weighted by Crippen LogP contribution is 2.26. The molecule has 1 fully saturated rings. The third-order valence-corrected chi connectivity index (χ3v) is 6.44. The number of nitrogens with zero attached hydrogens (tertiary/aromatic N) is 1. The van der Waals surface area contributed by atoms with Crippen LogP contribution in [0.5, 0.6) is 0 Å². The Balaban J connectivity index is 2.97. The Labute approximate surface area is 234 Å². The molecule has 1 rings (SSSR count). The number of ether oxygens (including phenoxy) is 1. The van der Waals surface area contributed by atoms with Crippen molar-refractivity contribution in [1.82, 2.24) is 20.9 Å². The van der Waals surface area contributed by atoms with Crippen LogP contribution in [-0.4, -0.2) is 71.3 Å². The number of carbonyl (C=O) groups excluding carboxylic acids is 5. The van der Waals surface area contributed by atoms with Crippen molar-refractivity contribution in [3.05, 3.63) is 12.7 Å². The number of amides is 4. The Morgan fingerprint density at radius 2 is 1.69 bits per heavy atom. The van der Waals surface area contributed by atoms with Crippen molar-refractivity contribution in [2.24, 2.45) is 5.41 Å². The lowest BCUT2D eigenvalue weighted by Crippen LogP contribution is -2.59. The molecule has 1 heterocycles. The van der Waals surface area contributed by atoms with Gasteiger partial charge < -0.3 is 25.6 Å². The molecule has 10 heteroatoms. The Morgan fingerprint density at radius 1 is 1.03 bits per heavy atom. The van der Waals surface area contributed by atoms with Gasteiger partial charge in [-0.3, -0.25) is 19.2 Å². The van der Waals surface area contributed by atoms with E-state index in [2.05, 4.69) is 29.5 Å². The summed E-state index contributed by atoms with van der Waals surface area (Å²) < 4.78 is 5.35. The van der Waals surface area contributed by atoms with Crippen molar-refractivity contribution in [1.29, 1.82) is 0 Å². The molecule has 1 unspecified atom stereocenters. The molecule has 0 radical (unpaired) electrons. The summed E-state index contributed by atoms with van der Waals surface area (Å²) in [6.07, 6.45) is 6.43. The summed E-state index contributed by atoms with van der Waals surface area (Å²) in [6, 6.07) is -2.78. The molecule has 4 amide bonds. The molecule has 222 valence electrons. The number of nitrogens with one attached hydrogen (secondary N) is 3. The fraction of sp³-hybridized carbons (Fsp3) is 0.759. The van der Waals surface area contributed by atoms with Crippen molar-refractivity contribution in [2.45, 2.75) is 124 Å². The SMILES string of the molecule is C=CCCC(NC(=O)[C@@H]1CCCN1C(=O)[C@@H](NC(=O)OC(C)(C)C)C(C)(C)C)C(=O)C(=O)NCCCCCC. The van der Waals surface area contributed by atoms with E-state index in [4.69, 9.17) is 4.74 Å². The van der Waals surface area contributed by atoms with Gasteiger partial charge >= 0.3 is 6.09 Å². The molecule has 1 saturated heterocycles. The van der Waals surface area contributed by atoms with Crippen LogP contribution in [0.1, 0.15) is 99.8 Å². The zero-order valence-corrected chi connectivity index (χ0v) is 25.0. The largest absolute Gasteiger partial charge is 0.444 e. The van der Waals surface area contributed by atoms with Crippen LogP contribution in [0.3, 0.4) is 0 Å². The molecule has 1 aliphatic heterocycles. The van der Waals surface area contributed by atoms with Crippen LogP contribution in [0, 0.1) is 5.41 Å². The average Bonchev–Trinajstić information content (AvgIpc) is 3.32. The maximum absolute atomic E-state index is 13.6. The van der Waals surface area contributed by atoms with E-state index in [-0.39, 0.29) is 6.42 Å². The van der Waals surface area contributed by atoms with E-state index in [1.165, 1.54) is 4.90 Å². The monoisotopic (exact) mass is 550 g/mol. The van der Waals surface area contributed by atoms with Crippen LogP contribution in [0.25, 0.3) is 0 Å². The summed E-state index contributed by atoms with van der Waals surface area (Å²) in [5.74, 6) is -2.33. The lowest BCUT2D eigenvalue weighted by Gasteiger charge is -2.36. The minimum absolute atomic E-state index is 0.225. The molecule has 10 nitrogen and oxygen atoms in total. The number of allylic oxidation sites excluding steroid dienone is 1. The van der Waals surface area contributed by atoms with Gasteiger partial charge in [0.15, 0.2) is 0 Å². The van der Waals surface area contributed by atoms with Crippen LogP contribution in [-0.2, 0) is 23.9 Å². The van der Waals surface area contributed by atoms with Crippen molar-refractivity contribution < 1.29 is 28.7 Å². The molecular weight excluding hydrogens is 500 g/mol. The number of alkyl carbamates (subject to hydrolysis) is 1. The molecule has 3 atom stereocenters. The minimum atomic E-state index is -1.03. The quantitative estimate of drug-likeness (QED) is 0.172. The van der Waals surface area contributed by atoms with Crippen molar-refractivity contribution in [2.75, 3.05) is 13.1 Å². The fourth-order valence-corrected chi connectivity index (χ4v) is 4.36. The first-order valence-electron chi connectivity index (χ1n) is 14.2. The second-order valence-corrected chi connectivity index (χ2v) is 12.2. The number of unbranched alkanes of at least 4 members (excludes halogenated alkanes) is 3. The highest BCUT2D eigenvalue weighted by atomic mass is 16.6. The number of Topliss-reactive ketones (excluding diaryl/α,β-unsaturated/α-hetero) is 1. The third kappa shape index (κ3) is 11.8. The zero-order valence-electron chi connectivity index (χ0n) is 25.0. The van der Waals surface area contributed by atoms with Crippen molar-refractivity contribution >= 4 is 29.6 Å². The molecule has 0 aromatic rings. The van der Waals surface area contributed by atoms with Gasteiger partial charge in [-0.1, -0.05) is 53.0 Å². The first kappa shape index (κ1) is 34.1. The molecule has 0 saturated carbocycles. The van der Waals surface area contributed by atoms with Crippen molar-refractivity contribution in [3.63, 3.8) is 0 Å². The van der Waals surface area contributed by atoms with Gasteiger partial charge in [-0.15, -0.1) is 6.58 Å². The Kier molecular flexibility index (Phi) is 13.7. The van der Waals surface area contributed by atoms with Crippen LogP contribution >= 0.6 is 0 Å². The molecule has 0 spiro atoms. The molecule has 0 bridgehead atoms. The summed E-state index contributed by atoms with van der Waals surface area (Å²) in [7, 11) is 0. The zero-order chi connectivity index (χ0) is 29.8. The van der Waals surface area contributed by atoms with Crippen LogP contribution in [0.15, 0.2) is 12.7 Å². The van der Waals surface area contributed by atoms with Crippen LogP contribution in [0.2, 0.25) is 0 Å². The number of carbonyl (C=O) groups is 5. The minimum Gasteiger partial charge on any atom is -0.444 e. The van der Waals surface area contributed by atoms with E-state index < -0.39 is 58.7 Å². The summed E-state index contributed by atoms with van der Waals surface area (Å²) in [6.45, 7) is 17.2. The van der Waals surface area contributed by atoms with Crippen LogP contribution < -0.4 is 16.0 Å². The Bertz CT molecular complexity index is 874. The molecule has 0 aromatic heterocycles. The van der Waals surface area contributed by atoms with Crippen molar-refractivity contribution in [3.8, 4) is 0 Å². The van der Waals surface area contributed by atoms with Gasteiger partial charge in [0, 0.05) is 13.1 Å². The Morgan fingerprint density at radius 3 is 2.26 bits per heavy atom. The van der Waals surface area contributed by atoms with E-state index in [9.17, 15) is 24.0 Å². The van der Waals surface area contributed by atoms with E-state index in [0.717, 1.165) is 25.7 Å². The van der Waals surface area contributed by atoms with Gasteiger partial charge in [-0.05, 0) is 58.3 Å². The number of hydrogen-bond acceptors (Lipinski definition) is 6. The molecule has 1 aliphatic rings. The van der Waals surface area contributed by atoms with Gasteiger partial charge in [0.05, 0.1) is 6.04 Å². The van der Waals surface area contributed by atoms with Gasteiger partial charge in [0.2, 0.25) is 17.6 Å². The number of likely N-dealkylation sites (tertiary alicyclic amines) is 1. The number of ketones is 1. The molecule has 3 N–H and O–H groups in total. The van der Waals surface area contributed by atoms with E-state index in [0.29, 0.717) is 32.4 Å². The Hall–Kier alpha value is -2.91. The summed E-state index contributed by atoms with van der Waals surface area (Å²) in [5, 5.41) is 8.05. The molecule has 0 aromatic carbocycles. The first-order valence-corrected chi connectivity index (χ1v) is 14.2. The molecule has 39 heavy (non-hydrogen) atoms. The highest BCUT2D eigenvalue weighted by Gasteiger charge is 2.43. The summed E-state index contributed by atoms with van der Waals surface area (Å²) in [5.41, 5.74) is -1.39. The van der Waals surface area contributed by atoms with E-state index >= 15 is 0 Å². The highest BCUT2D eigenvalue weighted by molar-refractivity contribution is 6.38. The van der Waals surface area contributed by atoms with E-state index in [1.54, 1.807) is 26.8 Å². The lowest BCUT2D eigenvalue weighted by atomic mass is 9.85. The molecule has 0 aliphatic carbocycles. The standard InChI is InChI=1S/C29H50N4O6/c1-9-11-13-14-18-30-25(36)22(34)20(16-12-10-2)31-24(35)21-17-15-19-33(21)26(37)23(28(3,4)5)32-27(38)39-29(6,7)8/h10,20-21,23H,2,9,11-19H2,1,3-8H3,(H,30,36)(H,31,35)(H,32,38)/t20?,21-,23+/m0/s1. The first-order chi connectivity index (χ1) is 18.1. The maximum atomic E-state index is 13.6. The van der Waals surface area contributed by atoms with Crippen LogP contribution in [0.4, 0.5) is 4.79 Å². The topological polar surface area (TPSA) is 134 Å². The maximum Gasteiger partial charge on any atom is 0.408 e. The van der Waals surface area contributed by atoms with E-state index in [1.807, 2.05) is 20.8 Å². The molecular formula is C29H50N4O6. The predicted molar refractivity (Wildman–Crippen MR) is 151 cm³/mol. The summed E-state index contributed by atoms with van der Waals surface area (Å²) >= 11 is 0. The summed E-state index contributed by atoms with van der Waals surface area (Å²) in [4.78, 5) is 66.3. The number of rotatable bonds is 14.